The van der Waals surface area contributed by atoms with E-state index in [0.29, 0.717) is 32.9 Å². The second-order valence-electron chi connectivity index (χ2n) is 7.56. The minimum atomic E-state index is 0.0709. The highest BCUT2D eigenvalue weighted by Crippen LogP contribution is 2.29. The lowest BCUT2D eigenvalue weighted by atomic mass is 10.1. The smallest absolute Gasteiger partial charge is 0.161 e. The molecular weight excluding hydrogens is 487 g/mol. The summed E-state index contributed by atoms with van der Waals surface area (Å²) in [6, 6.07) is 17.3. The fraction of sp³-hybridized carbons (Fsp3) is 0.0741. The van der Waals surface area contributed by atoms with E-state index in [1.807, 2.05) is 30.4 Å². The molecule has 0 atom stereocenters. The van der Waals surface area contributed by atoms with Crippen LogP contribution in [0.15, 0.2) is 60.7 Å². The van der Waals surface area contributed by atoms with Crippen molar-refractivity contribution in [2.24, 2.45) is 0 Å². The van der Waals surface area contributed by atoms with Crippen LogP contribution in [-0.2, 0) is 0 Å². The molecule has 0 amide bonds. The van der Waals surface area contributed by atoms with Crippen LogP contribution in [0.2, 0.25) is 10.0 Å². The third-order valence-electron chi connectivity index (χ3n) is 5.15. The Kier molecular flexibility index (Phi) is 7.34. The zero-order chi connectivity index (χ0) is 24.9. The van der Waals surface area contributed by atoms with Gasteiger partial charge in [-0.2, -0.15) is 5.10 Å². The maximum atomic E-state index is 9.85. The van der Waals surface area contributed by atoms with Gasteiger partial charge in [-0.25, -0.2) is 4.68 Å². The van der Waals surface area contributed by atoms with Gasteiger partial charge in [-0.15, -0.1) is 0 Å². The molecule has 0 bridgehead atoms. The number of methoxy groups -OCH3 is 2. The Hall–Kier alpha value is -3.87. The fourth-order valence-corrected chi connectivity index (χ4v) is 3.96. The van der Waals surface area contributed by atoms with Crippen molar-refractivity contribution in [2.75, 3.05) is 14.2 Å². The van der Waals surface area contributed by atoms with Crippen molar-refractivity contribution in [3.05, 3.63) is 93.2 Å². The maximum absolute atomic E-state index is 9.85. The average molecular weight is 509 g/mol. The van der Waals surface area contributed by atoms with Gasteiger partial charge in [0.15, 0.2) is 23.0 Å². The van der Waals surface area contributed by atoms with E-state index in [9.17, 15) is 10.2 Å². The number of nitrogens with zero attached hydrogens (tertiary/aromatic N) is 2. The van der Waals surface area contributed by atoms with Gasteiger partial charge in [-0.3, -0.25) is 0 Å². The quantitative estimate of drug-likeness (QED) is 0.282. The summed E-state index contributed by atoms with van der Waals surface area (Å²) >= 11 is 12.5. The second kappa shape index (κ2) is 10.6. The molecule has 178 valence electrons. The molecule has 8 heteroatoms. The highest BCUT2D eigenvalue weighted by molar-refractivity contribution is 6.34. The number of phenolic OH excluding ortho intramolecular Hbond substituents is 2. The average Bonchev–Trinajstić information content (AvgIpc) is 3.25. The first-order valence-electron chi connectivity index (χ1n) is 10.5. The van der Waals surface area contributed by atoms with E-state index in [-0.39, 0.29) is 11.5 Å². The van der Waals surface area contributed by atoms with Crippen molar-refractivity contribution in [3.63, 3.8) is 0 Å². The van der Waals surface area contributed by atoms with Gasteiger partial charge in [0.2, 0.25) is 0 Å². The Balaban J connectivity index is 1.73. The first-order valence-corrected chi connectivity index (χ1v) is 11.3. The van der Waals surface area contributed by atoms with Crippen LogP contribution < -0.4 is 9.47 Å². The van der Waals surface area contributed by atoms with Crippen LogP contribution in [-0.4, -0.2) is 34.2 Å². The fourth-order valence-electron chi connectivity index (χ4n) is 3.44. The molecule has 1 aromatic heterocycles. The monoisotopic (exact) mass is 508 g/mol. The van der Waals surface area contributed by atoms with Gasteiger partial charge in [0.25, 0.3) is 0 Å². The molecule has 1 heterocycles. The molecule has 0 spiro atoms. The predicted octanol–water partition coefficient (Wildman–Crippen LogP) is 6.95. The van der Waals surface area contributed by atoms with E-state index in [1.54, 1.807) is 59.3 Å². The Morgan fingerprint density at radius 1 is 0.714 bits per heavy atom. The molecule has 0 fully saturated rings. The van der Waals surface area contributed by atoms with E-state index < -0.39 is 0 Å². The summed E-state index contributed by atoms with van der Waals surface area (Å²) in [5.41, 5.74) is 3.85. The van der Waals surface area contributed by atoms with Crippen LogP contribution in [0.25, 0.3) is 30.0 Å². The maximum Gasteiger partial charge on any atom is 0.161 e. The lowest BCUT2D eigenvalue weighted by molar-refractivity contribution is 0.373. The number of phenols is 2. The Bertz CT molecular complexity index is 1410. The van der Waals surface area contributed by atoms with Crippen molar-refractivity contribution in [3.8, 4) is 28.7 Å². The number of halogens is 2. The summed E-state index contributed by atoms with van der Waals surface area (Å²) < 4.78 is 12.1. The van der Waals surface area contributed by atoms with E-state index in [2.05, 4.69) is 0 Å². The van der Waals surface area contributed by atoms with Gasteiger partial charge in [-0.1, -0.05) is 47.5 Å². The number of benzene rings is 3. The standard InChI is InChI=1S/C27H22Cl2N2O4/c1-34-26-11-17(5-9-24(26)32)3-7-21-16-22(8-4-18-6-10-25(33)27(12-18)35-2)31(30-21)23-14-19(28)13-20(29)15-23/h3-16,32-33H,1-2H3/b7-3+,8-4+. The molecule has 0 saturated carbocycles. The molecule has 0 unspecified atom stereocenters. The first-order chi connectivity index (χ1) is 16.9. The van der Waals surface area contributed by atoms with E-state index >= 15 is 0 Å². The number of ether oxygens (including phenoxy) is 2. The predicted molar refractivity (Wildman–Crippen MR) is 141 cm³/mol. The summed E-state index contributed by atoms with van der Waals surface area (Å²) in [6.07, 6.45) is 7.52. The largest absolute Gasteiger partial charge is 0.504 e. The number of aromatic hydroxyl groups is 2. The second-order valence-corrected chi connectivity index (χ2v) is 8.44. The van der Waals surface area contributed by atoms with Gasteiger partial charge >= 0.3 is 0 Å². The van der Waals surface area contributed by atoms with Gasteiger partial charge in [0, 0.05) is 10.0 Å². The van der Waals surface area contributed by atoms with Gasteiger partial charge in [0.05, 0.1) is 31.3 Å². The van der Waals surface area contributed by atoms with Crippen LogP contribution in [0.1, 0.15) is 22.5 Å². The van der Waals surface area contributed by atoms with Crippen molar-refractivity contribution in [1.82, 2.24) is 9.78 Å². The SMILES string of the molecule is COc1cc(/C=C/c2cc(/C=C/c3ccc(O)c(OC)c3)n(-c3cc(Cl)cc(Cl)c3)n2)ccc1O. The van der Waals surface area contributed by atoms with Crippen molar-refractivity contribution in [1.29, 1.82) is 0 Å². The zero-order valence-corrected chi connectivity index (χ0v) is 20.5. The van der Waals surface area contributed by atoms with Crippen molar-refractivity contribution in [2.45, 2.75) is 0 Å². The minimum Gasteiger partial charge on any atom is -0.504 e. The van der Waals surface area contributed by atoms with Gasteiger partial charge in [0.1, 0.15) is 0 Å². The molecule has 35 heavy (non-hydrogen) atoms. The van der Waals surface area contributed by atoms with E-state index in [0.717, 1.165) is 16.8 Å². The lowest BCUT2D eigenvalue weighted by Crippen LogP contribution is -1.99. The Labute approximate surface area is 212 Å². The molecule has 4 aromatic rings. The lowest BCUT2D eigenvalue weighted by Gasteiger charge is -2.07. The Morgan fingerprint density at radius 2 is 1.26 bits per heavy atom. The van der Waals surface area contributed by atoms with Gasteiger partial charge < -0.3 is 19.7 Å². The molecule has 0 aliphatic heterocycles. The van der Waals surface area contributed by atoms with Crippen molar-refractivity contribution >= 4 is 47.5 Å². The zero-order valence-electron chi connectivity index (χ0n) is 18.9. The normalized spacial score (nSPS) is 11.4. The topological polar surface area (TPSA) is 76.7 Å². The van der Waals surface area contributed by atoms with E-state index in [4.69, 9.17) is 37.8 Å². The van der Waals surface area contributed by atoms with Crippen LogP contribution in [0, 0.1) is 0 Å². The summed E-state index contributed by atoms with van der Waals surface area (Å²) in [6.45, 7) is 0. The van der Waals surface area contributed by atoms with Gasteiger partial charge in [-0.05, 0) is 71.8 Å². The highest BCUT2D eigenvalue weighted by Gasteiger charge is 2.09. The molecule has 0 saturated heterocycles. The number of hydrogen-bond acceptors (Lipinski definition) is 5. The molecule has 6 nitrogen and oxygen atoms in total. The summed E-state index contributed by atoms with van der Waals surface area (Å²) in [7, 11) is 3.01. The molecule has 0 radical (unpaired) electrons. The van der Waals surface area contributed by atoms with E-state index in [1.165, 1.54) is 14.2 Å². The summed E-state index contributed by atoms with van der Waals surface area (Å²) in [5.74, 6) is 0.918. The molecule has 4 rings (SSSR count). The number of rotatable bonds is 7. The molecular formula is C27H22Cl2N2O4. The highest BCUT2D eigenvalue weighted by atomic mass is 35.5. The minimum absolute atomic E-state index is 0.0709. The third-order valence-corrected chi connectivity index (χ3v) is 5.58. The number of hydrogen-bond donors (Lipinski definition) is 2. The molecule has 3 aromatic carbocycles. The first kappa shape index (κ1) is 24.3. The summed E-state index contributed by atoms with van der Waals surface area (Å²) in [5, 5.41) is 25.4. The summed E-state index contributed by atoms with van der Waals surface area (Å²) in [4.78, 5) is 0. The van der Waals surface area contributed by atoms with Crippen LogP contribution in [0.5, 0.6) is 23.0 Å². The molecule has 0 aliphatic rings. The Morgan fingerprint density at radius 3 is 1.80 bits per heavy atom. The third kappa shape index (κ3) is 5.80. The number of aromatic nitrogens is 2. The molecule has 2 N–H and O–H groups in total. The van der Waals surface area contributed by atoms with Crippen LogP contribution >= 0.6 is 23.2 Å². The van der Waals surface area contributed by atoms with Crippen molar-refractivity contribution < 1.29 is 19.7 Å². The van der Waals surface area contributed by atoms with Crippen LogP contribution in [0.3, 0.4) is 0 Å². The van der Waals surface area contributed by atoms with Crippen LogP contribution in [0.4, 0.5) is 0 Å². The molecule has 0 aliphatic carbocycles.